The second-order valence-electron chi connectivity index (χ2n) is 4.88. The van der Waals surface area contributed by atoms with Crippen molar-refractivity contribution in [3.63, 3.8) is 0 Å². The van der Waals surface area contributed by atoms with E-state index in [1.165, 1.54) is 5.56 Å². The van der Waals surface area contributed by atoms with Crippen LogP contribution in [0.25, 0.3) is 0 Å². The molecule has 3 nitrogen and oxygen atoms in total. The zero-order chi connectivity index (χ0) is 13.1. The van der Waals surface area contributed by atoms with E-state index in [-0.39, 0.29) is 4.75 Å². The van der Waals surface area contributed by atoms with Crippen molar-refractivity contribution in [1.29, 1.82) is 5.26 Å². The normalized spacial score (nSPS) is 11.5. The monoisotopic (exact) mass is 251 g/mol. The molecule has 0 aromatic carbocycles. The number of thioether (sulfide) groups is 1. The van der Waals surface area contributed by atoms with Crippen LogP contribution >= 0.6 is 11.8 Å². The molecule has 0 bridgehead atoms. The Balaban J connectivity index is 2.62. The Morgan fingerprint density at radius 3 is 2.65 bits per heavy atom. The fourth-order valence-corrected chi connectivity index (χ4v) is 1.87. The molecule has 0 amide bonds. The summed E-state index contributed by atoms with van der Waals surface area (Å²) in [5.74, 6) is 0. The van der Waals surface area contributed by atoms with Gasteiger partial charge in [0.1, 0.15) is 11.8 Å². The van der Waals surface area contributed by atoms with E-state index >= 15 is 0 Å². The SMILES string of the molecule is CSC(C)(C)CNCc1cc(C#N)n(C)c1C. The molecule has 17 heavy (non-hydrogen) atoms. The Morgan fingerprint density at radius 1 is 1.53 bits per heavy atom. The first-order valence-electron chi connectivity index (χ1n) is 5.72. The molecular formula is C13H21N3S. The molecule has 0 atom stereocenters. The average Bonchev–Trinajstić information content (AvgIpc) is 2.57. The molecule has 0 saturated carbocycles. The maximum absolute atomic E-state index is 8.95. The average molecular weight is 251 g/mol. The van der Waals surface area contributed by atoms with Crippen molar-refractivity contribution in [3.8, 4) is 6.07 Å². The number of hydrogen-bond acceptors (Lipinski definition) is 3. The van der Waals surface area contributed by atoms with Gasteiger partial charge in [0.2, 0.25) is 0 Å². The van der Waals surface area contributed by atoms with Crippen molar-refractivity contribution >= 4 is 11.8 Å². The van der Waals surface area contributed by atoms with E-state index in [1.807, 2.05) is 29.4 Å². The van der Waals surface area contributed by atoms with Gasteiger partial charge >= 0.3 is 0 Å². The Bertz CT molecular complexity index is 427. The highest BCUT2D eigenvalue weighted by Crippen LogP contribution is 2.20. The molecule has 0 aliphatic rings. The van der Waals surface area contributed by atoms with E-state index in [2.05, 4.69) is 38.4 Å². The number of nitriles is 1. The minimum Gasteiger partial charge on any atom is -0.340 e. The molecule has 1 aromatic heterocycles. The molecule has 1 rings (SSSR count). The molecule has 0 aliphatic heterocycles. The Morgan fingerprint density at radius 2 is 2.18 bits per heavy atom. The molecule has 1 aromatic rings. The van der Waals surface area contributed by atoms with Crippen LogP contribution in [-0.4, -0.2) is 22.1 Å². The number of rotatable bonds is 5. The lowest BCUT2D eigenvalue weighted by molar-refractivity contribution is 0.589. The highest BCUT2D eigenvalue weighted by atomic mass is 32.2. The van der Waals surface area contributed by atoms with Crippen LogP contribution in [0, 0.1) is 18.3 Å². The van der Waals surface area contributed by atoms with Crippen LogP contribution in [-0.2, 0) is 13.6 Å². The maximum Gasteiger partial charge on any atom is 0.120 e. The van der Waals surface area contributed by atoms with Gasteiger partial charge in [0.15, 0.2) is 0 Å². The largest absolute Gasteiger partial charge is 0.340 e. The third kappa shape index (κ3) is 3.52. The molecular weight excluding hydrogens is 230 g/mol. The second-order valence-corrected chi connectivity index (χ2v) is 6.39. The van der Waals surface area contributed by atoms with Gasteiger partial charge in [-0.05, 0) is 38.7 Å². The molecule has 94 valence electrons. The van der Waals surface area contributed by atoms with Crippen molar-refractivity contribution in [3.05, 3.63) is 23.0 Å². The van der Waals surface area contributed by atoms with Crippen LogP contribution in [0.2, 0.25) is 0 Å². The highest BCUT2D eigenvalue weighted by molar-refractivity contribution is 7.99. The lowest BCUT2D eigenvalue weighted by Crippen LogP contribution is -2.31. The minimum atomic E-state index is 0.251. The van der Waals surface area contributed by atoms with Crippen LogP contribution in [0.4, 0.5) is 0 Å². The molecule has 0 fully saturated rings. The summed E-state index contributed by atoms with van der Waals surface area (Å²) < 4.78 is 2.19. The van der Waals surface area contributed by atoms with Crippen LogP contribution in [0.15, 0.2) is 6.07 Å². The summed E-state index contributed by atoms with van der Waals surface area (Å²) in [6, 6.07) is 4.17. The number of aromatic nitrogens is 1. The van der Waals surface area contributed by atoms with Gasteiger partial charge in [0, 0.05) is 30.6 Å². The Labute approximate surface area is 108 Å². The van der Waals surface area contributed by atoms with Crippen LogP contribution in [0.1, 0.15) is 30.8 Å². The molecule has 1 heterocycles. The third-order valence-corrected chi connectivity index (χ3v) is 4.42. The van der Waals surface area contributed by atoms with E-state index in [9.17, 15) is 0 Å². The first kappa shape index (κ1) is 14.1. The van der Waals surface area contributed by atoms with Crippen molar-refractivity contribution in [2.45, 2.75) is 32.1 Å². The van der Waals surface area contributed by atoms with E-state index < -0.39 is 0 Å². The maximum atomic E-state index is 8.95. The summed E-state index contributed by atoms with van der Waals surface area (Å²) in [5, 5.41) is 12.4. The van der Waals surface area contributed by atoms with Crippen molar-refractivity contribution in [2.75, 3.05) is 12.8 Å². The zero-order valence-electron chi connectivity index (χ0n) is 11.3. The standard InChI is InChI=1S/C13H21N3S/c1-10-11(6-12(7-14)16(10)4)8-15-9-13(2,3)17-5/h6,15H,8-9H2,1-5H3. The van der Waals surface area contributed by atoms with Gasteiger partial charge in [0.25, 0.3) is 0 Å². The van der Waals surface area contributed by atoms with Gasteiger partial charge < -0.3 is 9.88 Å². The smallest absolute Gasteiger partial charge is 0.120 e. The van der Waals surface area contributed by atoms with E-state index in [1.54, 1.807) is 0 Å². The zero-order valence-corrected chi connectivity index (χ0v) is 12.1. The van der Waals surface area contributed by atoms with Crippen LogP contribution in [0.5, 0.6) is 0 Å². The Kier molecular flexibility index (Phi) is 4.67. The van der Waals surface area contributed by atoms with Gasteiger partial charge in [-0.25, -0.2) is 0 Å². The summed E-state index contributed by atoms with van der Waals surface area (Å²) in [6.07, 6.45) is 2.13. The summed E-state index contributed by atoms with van der Waals surface area (Å²) in [6.45, 7) is 8.29. The molecule has 0 aliphatic carbocycles. The first-order chi connectivity index (χ1) is 7.91. The highest BCUT2D eigenvalue weighted by Gasteiger charge is 2.15. The molecule has 1 N–H and O–H groups in total. The van der Waals surface area contributed by atoms with Crippen LogP contribution in [0.3, 0.4) is 0 Å². The van der Waals surface area contributed by atoms with Crippen molar-refractivity contribution in [1.82, 2.24) is 9.88 Å². The lowest BCUT2D eigenvalue weighted by atomic mass is 10.2. The summed E-state index contributed by atoms with van der Waals surface area (Å²) in [7, 11) is 1.93. The number of nitrogens with one attached hydrogen (secondary N) is 1. The number of nitrogens with zero attached hydrogens (tertiary/aromatic N) is 2. The second kappa shape index (κ2) is 5.61. The van der Waals surface area contributed by atoms with Crippen LogP contribution < -0.4 is 5.32 Å². The summed E-state index contributed by atoms with van der Waals surface area (Å²) in [5.41, 5.74) is 3.10. The predicted molar refractivity (Wildman–Crippen MR) is 74.2 cm³/mol. The fraction of sp³-hybridized carbons (Fsp3) is 0.615. The Hall–Kier alpha value is -0.920. The van der Waals surface area contributed by atoms with E-state index in [0.29, 0.717) is 0 Å². The third-order valence-electron chi connectivity index (χ3n) is 3.17. The molecule has 0 radical (unpaired) electrons. The summed E-state index contributed by atoms with van der Waals surface area (Å²) in [4.78, 5) is 0. The number of hydrogen-bond donors (Lipinski definition) is 1. The molecule has 0 spiro atoms. The molecule has 0 saturated heterocycles. The van der Waals surface area contributed by atoms with E-state index in [4.69, 9.17) is 5.26 Å². The van der Waals surface area contributed by atoms with Gasteiger partial charge in [-0.3, -0.25) is 0 Å². The molecule has 0 unspecified atom stereocenters. The topological polar surface area (TPSA) is 40.8 Å². The van der Waals surface area contributed by atoms with Gasteiger partial charge in [-0.15, -0.1) is 0 Å². The minimum absolute atomic E-state index is 0.251. The van der Waals surface area contributed by atoms with E-state index in [0.717, 1.165) is 24.5 Å². The summed E-state index contributed by atoms with van der Waals surface area (Å²) >= 11 is 1.86. The first-order valence-corrected chi connectivity index (χ1v) is 6.95. The predicted octanol–water partition coefficient (Wildman–Crippen LogP) is 2.44. The van der Waals surface area contributed by atoms with Gasteiger partial charge in [0.05, 0.1) is 0 Å². The van der Waals surface area contributed by atoms with Gasteiger partial charge in [-0.1, -0.05) is 0 Å². The van der Waals surface area contributed by atoms with Crippen molar-refractivity contribution < 1.29 is 0 Å². The molecule has 4 heteroatoms. The van der Waals surface area contributed by atoms with Gasteiger partial charge in [-0.2, -0.15) is 17.0 Å². The van der Waals surface area contributed by atoms with Crippen molar-refractivity contribution in [2.24, 2.45) is 7.05 Å². The quantitative estimate of drug-likeness (QED) is 0.874. The fourth-order valence-electron chi connectivity index (χ4n) is 1.62. The lowest BCUT2D eigenvalue weighted by Gasteiger charge is -2.22.